The van der Waals surface area contributed by atoms with Gasteiger partial charge in [-0.25, -0.2) is 0 Å². The number of hydrogen-bond donors (Lipinski definition) is 1. The topological polar surface area (TPSA) is 64.7 Å². The van der Waals surface area contributed by atoms with Gasteiger partial charge in [0.05, 0.1) is 18.8 Å². The van der Waals surface area contributed by atoms with Gasteiger partial charge in [0, 0.05) is 27.5 Å². The van der Waals surface area contributed by atoms with E-state index in [0.29, 0.717) is 33.7 Å². The van der Waals surface area contributed by atoms with Gasteiger partial charge in [0.2, 0.25) is 0 Å². The van der Waals surface area contributed by atoms with Gasteiger partial charge in [-0.1, -0.05) is 53.0 Å². The average molecular weight is 489 g/mol. The van der Waals surface area contributed by atoms with Crippen molar-refractivity contribution in [3.05, 3.63) is 97.9 Å². The number of aromatic nitrogens is 4. The van der Waals surface area contributed by atoms with Gasteiger partial charge in [-0.15, -0.1) is 0 Å². The second-order valence-corrected chi connectivity index (χ2v) is 8.75. The van der Waals surface area contributed by atoms with Crippen LogP contribution >= 0.6 is 34.8 Å². The summed E-state index contributed by atoms with van der Waals surface area (Å²) in [6.07, 6.45) is 1.64. The van der Waals surface area contributed by atoms with E-state index in [4.69, 9.17) is 34.8 Å². The fourth-order valence-electron chi connectivity index (χ4n) is 3.39. The second kappa shape index (κ2) is 9.36. The summed E-state index contributed by atoms with van der Waals surface area (Å²) in [5.41, 5.74) is 4.34. The Morgan fingerprint density at radius 1 is 0.969 bits per heavy atom. The third-order valence-corrected chi connectivity index (χ3v) is 5.78. The molecule has 0 atom stereocenters. The molecule has 2 aromatic carbocycles. The van der Waals surface area contributed by atoms with Crippen LogP contribution in [0.5, 0.6) is 0 Å². The first kappa shape index (κ1) is 22.4. The minimum absolute atomic E-state index is 0.283. The lowest BCUT2D eigenvalue weighted by molar-refractivity contribution is 0.102. The Labute approximate surface area is 200 Å². The Hall–Kier alpha value is -2.80. The Kier molecular flexibility index (Phi) is 6.55. The van der Waals surface area contributed by atoms with Crippen LogP contribution in [0, 0.1) is 13.8 Å². The van der Waals surface area contributed by atoms with Crippen LogP contribution in [0.1, 0.15) is 32.9 Å². The SMILES string of the molecule is Cc1cc(C)n(Cc2cccc(C(=O)Nc3nn(Cc4ccc(Cl)cc4Cl)cc3Cl)c2)n1. The van der Waals surface area contributed by atoms with Crippen LogP contribution in [-0.4, -0.2) is 25.5 Å². The lowest BCUT2D eigenvalue weighted by Crippen LogP contribution is -2.14. The maximum Gasteiger partial charge on any atom is 0.256 e. The quantitative estimate of drug-likeness (QED) is 0.362. The summed E-state index contributed by atoms with van der Waals surface area (Å²) >= 11 is 18.5. The Morgan fingerprint density at radius 3 is 2.50 bits per heavy atom. The molecule has 2 heterocycles. The molecular weight excluding hydrogens is 469 g/mol. The molecular formula is C23H20Cl3N5O. The molecule has 0 saturated carbocycles. The number of anilines is 1. The van der Waals surface area contributed by atoms with Crippen molar-refractivity contribution < 1.29 is 4.79 Å². The van der Waals surface area contributed by atoms with Crippen molar-refractivity contribution in [3.63, 3.8) is 0 Å². The third kappa shape index (κ3) is 5.15. The van der Waals surface area contributed by atoms with Crippen LogP contribution in [0.3, 0.4) is 0 Å². The highest BCUT2D eigenvalue weighted by atomic mass is 35.5. The summed E-state index contributed by atoms with van der Waals surface area (Å²) in [4.78, 5) is 12.8. The molecule has 0 unspecified atom stereocenters. The zero-order chi connectivity index (χ0) is 22.8. The molecule has 4 aromatic rings. The highest BCUT2D eigenvalue weighted by Gasteiger charge is 2.14. The van der Waals surface area contributed by atoms with E-state index in [2.05, 4.69) is 15.5 Å². The number of halogens is 3. The van der Waals surface area contributed by atoms with E-state index >= 15 is 0 Å². The van der Waals surface area contributed by atoms with E-state index in [-0.39, 0.29) is 11.7 Å². The summed E-state index contributed by atoms with van der Waals surface area (Å²) < 4.78 is 3.53. The van der Waals surface area contributed by atoms with Gasteiger partial charge in [0.25, 0.3) is 5.91 Å². The normalized spacial score (nSPS) is 11.0. The fourth-order valence-corrected chi connectivity index (χ4v) is 4.05. The molecule has 0 saturated heterocycles. The largest absolute Gasteiger partial charge is 0.304 e. The molecule has 1 N–H and O–H groups in total. The molecule has 0 aliphatic carbocycles. The number of nitrogens with zero attached hydrogens (tertiary/aromatic N) is 4. The number of carbonyl (C=O) groups excluding carboxylic acids is 1. The van der Waals surface area contributed by atoms with Crippen LogP contribution in [0.15, 0.2) is 54.7 Å². The maximum absolute atomic E-state index is 12.8. The third-order valence-electron chi connectivity index (χ3n) is 4.92. The van der Waals surface area contributed by atoms with E-state index in [0.717, 1.165) is 22.5 Å². The first-order valence-corrected chi connectivity index (χ1v) is 11.0. The highest BCUT2D eigenvalue weighted by molar-refractivity contribution is 6.35. The Balaban J connectivity index is 1.47. The zero-order valence-electron chi connectivity index (χ0n) is 17.4. The van der Waals surface area contributed by atoms with Crippen molar-refractivity contribution in [2.45, 2.75) is 26.9 Å². The fraction of sp³-hybridized carbons (Fsp3) is 0.174. The van der Waals surface area contributed by atoms with Gasteiger partial charge in [-0.2, -0.15) is 10.2 Å². The van der Waals surface area contributed by atoms with Crippen molar-refractivity contribution in [1.29, 1.82) is 0 Å². The van der Waals surface area contributed by atoms with Crippen LogP contribution in [-0.2, 0) is 13.1 Å². The number of amides is 1. The van der Waals surface area contributed by atoms with Crippen LogP contribution in [0.2, 0.25) is 15.1 Å². The standard InChI is InChI=1S/C23H20Cl3N5O/c1-14-8-15(2)31(28-14)11-16-4-3-5-17(9-16)23(32)27-22-21(26)13-30(29-22)12-18-6-7-19(24)10-20(18)25/h3-10,13H,11-12H2,1-2H3,(H,27,29,32). The number of aryl methyl sites for hydroxylation is 2. The van der Waals surface area contributed by atoms with E-state index < -0.39 is 0 Å². The second-order valence-electron chi connectivity index (χ2n) is 7.50. The van der Waals surface area contributed by atoms with Crippen LogP contribution in [0.25, 0.3) is 0 Å². The first-order chi connectivity index (χ1) is 15.3. The molecule has 164 valence electrons. The van der Waals surface area contributed by atoms with Gasteiger partial charge in [-0.05, 0) is 55.3 Å². The van der Waals surface area contributed by atoms with Gasteiger partial charge in [0.15, 0.2) is 5.82 Å². The smallest absolute Gasteiger partial charge is 0.256 e. The lowest BCUT2D eigenvalue weighted by atomic mass is 10.1. The molecule has 32 heavy (non-hydrogen) atoms. The minimum atomic E-state index is -0.295. The van der Waals surface area contributed by atoms with E-state index in [1.165, 1.54) is 0 Å². The van der Waals surface area contributed by atoms with E-state index in [1.807, 2.05) is 48.9 Å². The molecule has 0 aliphatic rings. The Morgan fingerprint density at radius 2 is 1.78 bits per heavy atom. The molecule has 6 nitrogen and oxygen atoms in total. The van der Waals surface area contributed by atoms with Gasteiger partial charge in [-0.3, -0.25) is 14.2 Å². The maximum atomic E-state index is 12.8. The molecule has 9 heteroatoms. The average Bonchev–Trinajstić information content (AvgIpc) is 3.24. The van der Waals surface area contributed by atoms with Crippen molar-refractivity contribution in [3.8, 4) is 0 Å². The molecule has 0 spiro atoms. The zero-order valence-corrected chi connectivity index (χ0v) is 19.7. The summed E-state index contributed by atoms with van der Waals surface area (Å²) in [6.45, 7) is 4.94. The van der Waals surface area contributed by atoms with Crippen molar-refractivity contribution in [2.24, 2.45) is 0 Å². The molecule has 0 aliphatic heterocycles. The number of hydrogen-bond acceptors (Lipinski definition) is 3. The van der Waals surface area contributed by atoms with Gasteiger partial charge < -0.3 is 5.32 Å². The number of rotatable bonds is 6. The van der Waals surface area contributed by atoms with Crippen molar-refractivity contribution in [2.75, 3.05) is 5.32 Å². The molecule has 1 amide bonds. The Bertz CT molecular complexity index is 1290. The predicted octanol–water partition coefficient (Wildman–Crippen LogP) is 6.01. The predicted molar refractivity (Wildman–Crippen MR) is 128 cm³/mol. The highest BCUT2D eigenvalue weighted by Crippen LogP contribution is 2.24. The molecule has 2 aromatic heterocycles. The number of benzene rings is 2. The minimum Gasteiger partial charge on any atom is -0.304 e. The monoisotopic (exact) mass is 487 g/mol. The van der Waals surface area contributed by atoms with E-state index in [9.17, 15) is 4.79 Å². The summed E-state index contributed by atoms with van der Waals surface area (Å²) in [6, 6.07) is 14.7. The number of carbonyl (C=O) groups is 1. The van der Waals surface area contributed by atoms with Crippen LogP contribution < -0.4 is 5.32 Å². The molecule has 0 bridgehead atoms. The number of nitrogens with one attached hydrogen (secondary N) is 1. The summed E-state index contributed by atoms with van der Waals surface area (Å²) in [5.74, 6) is -0.0115. The molecule has 0 radical (unpaired) electrons. The van der Waals surface area contributed by atoms with E-state index in [1.54, 1.807) is 29.1 Å². The van der Waals surface area contributed by atoms with Crippen molar-refractivity contribution in [1.82, 2.24) is 19.6 Å². The summed E-state index contributed by atoms with van der Waals surface area (Å²) in [7, 11) is 0. The van der Waals surface area contributed by atoms with Crippen LogP contribution in [0.4, 0.5) is 5.82 Å². The first-order valence-electron chi connectivity index (χ1n) is 9.87. The lowest BCUT2D eigenvalue weighted by Gasteiger charge is -2.08. The van der Waals surface area contributed by atoms with Crippen molar-refractivity contribution >= 4 is 46.5 Å². The summed E-state index contributed by atoms with van der Waals surface area (Å²) in [5, 5.41) is 13.1. The van der Waals surface area contributed by atoms with Gasteiger partial charge in [0.1, 0.15) is 5.02 Å². The molecule has 0 fully saturated rings. The molecule has 4 rings (SSSR count). The van der Waals surface area contributed by atoms with Gasteiger partial charge >= 0.3 is 0 Å².